The summed E-state index contributed by atoms with van der Waals surface area (Å²) in [4.78, 5) is 12.8. The summed E-state index contributed by atoms with van der Waals surface area (Å²) >= 11 is 0. The van der Waals surface area contributed by atoms with Gasteiger partial charge in [0.2, 0.25) is 0 Å². The van der Waals surface area contributed by atoms with Gasteiger partial charge in [-0.2, -0.15) is 0 Å². The topological polar surface area (TPSA) is 38.7 Å². The fraction of sp³-hybridized carbons (Fsp3) is 0. The summed E-state index contributed by atoms with van der Waals surface area (Å²) in [6.45, 7) is 0. The first-order chi connectivity index (χ1) is 32.6. The zero-order valence-corrected chi connectivity index (χ0v) is 21.9. The Kier molecular flexibility index (Phi) is 2.60. The minimum Gasteiger partial charge on any atom is -0.208 e. The maximum Gasteiger partial charge on any atom is 0.164 e. The molecule has 0 aliphatic rings. The molecule has 0 fully saturated rings. The SMILES string of the molecule is [2H]c1cc([2H])c(-c2c([2H])c([2H])c(-c3c([2H])c([2H])c([2H])c4c([2H])c([2H])c([2H])c([2H])c34)c([2H])c2[2H])c([2H])c1-c1nc(-c2c([2H])c([2H])c([2H])c([2H])c2[2H])nc(-c2c([2H])c([2H])c3c([2H])c([2H])c([2H])c([2H])c3c2[2H])n1. The van der Waals surface area contributed by atoms with E-state index in [-0.39, 0.29) is 0 Å². The first-order valence-electron chi connectivity index (χ1n) is 25.7. The molecule has 8 aromatic rings. The lowest BCUT2D eigenvalue weighted by Crippen LogP contribution is -2.00. The van der Waals surface area contributed by atoms with E-state index in [1.54, 1.807) is 0 Å². The van der Waals surface area contributed by atoms with Crippen molar-refractivity contribution < 1.29 is 35.6 Å². The van der Waals surface area contributed by atoms with Gasteiger partial charge in [-0.1, -0.05) is 151 Å². The molecule has 3 heteroatoms. The van der Waals surface area contributed by atoms with Gasteiger partial charge in [-0.3, -0.25) is 0 Å². The molecule has 0 aliphatic heterocycles. The Morgan fingerprint density at radius 2 is 0.909 bits per heavy atom. The summed E-state index contributed by atoms with van der Waals surface area (Å²) in [7, 11) is 0. The molecule has 0 bridgehead atoms. The van der Waals surface area contributed by atoms with Gasteiger partial charge in [0.1, 0.15) is 0 Å². The van der Waals surface area contributed by atoms with Gasteiger partial charge in [0.25, 0.3) is 0 Å². The van der Waals surface area contributed by atoms with Crippen LogP contribution in [0, 0.1) is 0 Å². The van der Waals surface area contributed by atoms with Gasteiger partial charge < -0.3 is 0 Å². The van der Waals surface area contributed by atoms with Crippen molar-refractivity contribution in [3.8, 4) is 56.4 Å². The van der Waals surface area contributed by atoms with E-state index in [1.165, 1.54) is 0 Å². The van der Waals surface area contributed by atoms with E-state index in [2.05, 4.69) is 15.0 Å². The van der Waals surface area contributed by atoms with Gasteiger partial charge in [-0.15, -0.1) is 0 Å². The smallest absolute Gasteiger partial charge is 0.164 e. The highest BCUT2D eigenvalue weighted by Gasteiger charge is 2.14. The Morgan fingerprint density at radius 1 is 0.341 bits per heavy atom. The first-order valence-corrected chi connectivity index (χ1v) is 12.7. The fourth-order valence-corrected chi connectivity index (χ4v) is 4.16. The lowest BCUT2D eigenvalue weighted by molar-refractivity contribution is 1.07. The van der Waals surface area contributed by atoms with Crippen LogP contribution in [0.15, 0.2) is 163 Å². The van der Waals surface area contributed by atoms with Crippen molar-refractivity contribution in [1.29, 1.82) is 0 Å². The second kappa shape index (κ2) is 11.0. The number of hydrogen-bond donors (Lipinski definition) is 0. The molecule has 7 aromatic carbocycles. The number of benzene rings is 7. The average molecular weight is 588 g/mol. The van der Waals surface area contributed by atoms with Crippen LogP contribution in [0.3, 0.4) is 0 Å². The molecule has 0 N–H and O–H groups in total. The van der Waals surface area contributed by atoms with Crippen LogP contribution in [0.1, 0.15) is 35.6 Å². The van der Waals surface area contributed by atoms with Crippen LogP contribution in [-0.2, 0) is 0 Å². The Morgan fingerprint density at radius 3 is 1.70 bits per heavy atom. The Hall–Kier alpha value is -5.93. The molecule has 206 valence electrons. The first kappa shape index (κ1) is 10.4. The average Bonchev–Trinajstić information content (AvgIpc) is 3.31. The molecule has 0 saturated carbocycles. The molecular formula is C41H27N3. The highest BCUT2D eigenvalue weighted by atomic mass is 15.0. The van der Waals surface area contributed by atoms with Crippen LogP contribution in [-0.4, -0.2) is 15.0 Å². The zero-order chi connectivity index (χ0) is 51.9. The summed E-state index contributed by atoms with van der Waals surface area (Å²) in [6.07, 6.45) is 0. The maximum absolute atomic E-state index is 9.46. The van der Waals surface area contributed by atoms with Crippen molar-refractivity contribution in [3.63, 3.8) is 0 Å². The maximum atomic E-state index is 9.46. The minimum atomic E-state index is -0.992. The molecule has 44 heavy (non-hydrogen) atoms. The summed E-state index contributed by atoms with van der Waals surface area (Å²) in [5.41, 5.74) is -4.96. The molecular weight excluding hydrogens is 534 g/mol. The van der Waals surface area contributed by atoms with E-state index >= 15 is 0 Å². The lowest BCUT2D eigenvalue weighted by atomic mass is 9.96. The molecule has 0 unspecified atom stereocenters. The minimum absolute atomic E-state index is 0.515. The van der Waals surface area contributed by atoms with E-state index in [4.69, 9.17) is 31.5 Å². The Balaban J connectivity index is 1.48. The van der Waals surface area contributed by atoms with Crippen LogP contribution < -0.4 is 0 Å². The summed E-state index contributed by atoms with van der Waals surface area (Å²) in [6, 6.07) is -21.3. The summed E-state index contributed by atoms with van der Waals surface area (Å²) in [5, 5.41) is -2.16. The van der Waals surface area contributed by atoms with Gasteiger partial charge in [0.05, 0.1) is 35.6 Å². The quantitative estimate of drug-likeness (QED) is 0.201. The van der Waals surface area contributed by atoms with Crippen molar-refractivity contribution in [3.05, 3.63) is 163 Å². The molecule has 3 nitrogen and oxygen atoms in total. The van der Waals surface area contributed by atoms with E-state index in [1.807, 2.05) is 0 Å². The Bertz CT molecular complexity index is 3680. The highest BCUT2D eigenvalue weighted by Crippen LogP contribution is 2.32. The van der Waals surface area contributed by atoms with Crippen LogP contribution in [0.25, 0.3) is 78.0 Å². The fourth-order valence-electron chi connectivity index (χ4n) is 4.16. The number of fused-ring (bicyclic) bond motifs is 2. The molecule has 0 aliphatic carbocycles. The largest absolute Gasteiger partial charge is 0.208 e. The molecule has 0 amide bonds. The third-order valence-corrected chi connectivity index (χ3v) is 6.18. The molecule has 8 rings (SSSR count). The van der Waals surface area contributed by atoms with Crippen molar-refractivity contribution in [2.45, 2.75) is 0 Å². The normalized spacial score (nSPS) is 19.5. The highest BCUT2D eigenvalue weighted by molar-refractivity contribution is 5.97. The summed E-state index contributed by atoms with van der Waals surface area (Å²) in [5.74, 6) is -2.38. The second-order valence-electron chi connectivity index (χ2n) is 8.86. The summed E-state index contributed by atoms with van der Waals surface area (Å²) < 4.78 is 226. The monoisotopic (exact) mass is 587 g/mol. The number of nitrogens with zero attached hydrogens (tertiary/aromatic N) is 3. The zero-order valence-electron chi connectivity index (χ0n) is 47.9. The molecule has 0 radical (unpaired) electrons. The van der Waals surface area contributed by atoms with Crippen LogP contribution in [0.4, 0.5) is 0 Å². The van der Waals surface area contributed by atoms with Crippen molar-refractivity contribution in [2.24, 2.45) is 0 Å². The van der Waals surface area contributed by atoms with Gasteiger partial charge >= 0.3 is 0 Å². The van der Waals surface area contributed by atoms with Gasteiger partial charge in [0, 0.05) is 16.7 Å². The number of hydrogen-bond acceptors (Lipinski definition) is 3. The van der Waals surface area contributed by atoms with E-state index in [0.29, 0.717) is 0 Å². The van der Waals surface area contributed by atoms with E-state index < -0.39 is 235 Å². The van der Waals surface area contributed by atoms with Gasteiger partial charge in [0.15, 0.2) is 17.5 Å². The van der Waals surface area contributed by atoms with E-state index in [0.717, 1.165) is 6.07 Å². The third-order valence-electron chi connectivity index (χ3n) is 6.18. The van der Waals surface area contributed by atoms with Crippen molar-refractivity contribution in [1.82, 2.24) is 15.0 Å². The Labute approximate surface area is 292 Å². The number of aromatic nitrogens is 3. The lowest BCUT2D eigenvalue weighted by Gasteiger charge is -2.11. The second-order valence-corrected chi connectivity index (χ2v) is 8.86. The van der Waals surface area contributed by atoms with Crippen LogP contribution >= 0.6 is 0 Å². The van der Waals surface area contributed by atoms with Crippen molar-refractivity contribution >= 4 is 21.5 Å². The predicted molar refractivity (Wildman–Crippen MR) is 182 cm³/mol. The third kappa shape index (κ3) is 4.91. The molecule has 1 aromatic heterocycles. The standard InChI is InChI=1S/C41H27N3/c1-2-12-32(13-3-1)39-42-40(44-41(43-39)36-25-22-28-10-4-5-14-33(28)27-36)35-17-8-16-34(26-35)29-20-23-31(24-21-29)38-19-9-15-30-11-6-7-18-37(30)38/h1-27H/i1D,2D,3D,4D,5D,6D,7D,9D,10D,11D,12D,13D,14D,15D,16D,17D,18D,19D,20D,21D,22D,23D,24D,25D,26D,27D. The molecule has 0 atom stereocenters. The van der Waals surface area contributed by atoms with E-state index in [9.17, 15) is 4.11 Å². The van der Waals surface area contributed by atoms with Crippen LogP contribution in [0.2, 0.25) is 0 Å². The molecule has 0 saturated heterocycles. The van der Waals surface area contributed by atoms with Crippen LogP contribution in [0.5, 0.6) is 0 Å². The molecule has 1 heterocycles. The predicted octanol–water partition coefficient (Wildman–Crippen LogP) is 10.5. The van der Waals surface area contributed by atoms with Gasteiger partial charge in [-0.05, 0) is 55.9 Å². The van der Waals surface area contributed by atoms with Gasteiger partial charge in [-0.25, -0.2) is 15.0 Å². The molecule has 0 spiro atoms. The number of rotatable bonds is 5. The van der Waals surface area contributed by atoms with Crippen molar-refractivity contribution in [2.75, 3.05) is 0 Å².